The fourth-order valence-electron chi connectivity index (χ4n) is 3.79. The van der Waals surface area contributed by atoms with E-state index in [2.05, 4.69) is 16.6 Å². The van der Waals surface area contributed by atoms with E-state index in [1.165, 1.54) is 12.3 Å². The Balaban J connectivity index is 1.48. The molecule has 11 heteroatoms. The molecule has 3 rings (SSSR count). The van der Waals surface area contributed by atoms with Crippen molar-refractivity contribution in [3.8, 4) is 0 Å². The second-order valence-electron chi connectivity index (χ2n) is 7.83. The highest BCUT2D eigenvalue weighted by Crippen LogP contribution is 2.24. The Bertz CT molecular complexity index is 829. The van der Waals surface area contributed by atoms with E-state index in [0.717, 1.165) is 25.7 Å². The molecule has 2 heterocycles. The van der Waals surface area contributed by atoms with E-state index in [1.54, 1.807) is 11.0 Å². The molecule has 1 N–H and O–H groups in total. The molecule has 1 aliphatic carbocycles. The zero-order valence-electron chi connectivity index (χ0n) is 16.5. The van der Waals surface area contributed by atoms with Crippen LogP contribution in [0.3, 0.4) is 0 Å². The minimum atomic E-state index is -3.66. The Hall–Kier alpha value is -2.27. The van der Waals surface area contributed by atoms with Gasteiger partial charge in [-0.1, -0.05) is 6.92 Å². The number of pyridine rings is 1. The molecule has 0 radical (unpaired) electrons. The molecule has 1 aromatic rings. The maximum absolute atomic E-state index is 12.5. The van der Waals surface area contributed by atoms with Crippen LogP contribution in [0, 0.1) is 16.0 Å². The van der Waals surface area contributed by atoms with E-state index < -0.39 is 26.6 Å². The highest BCUT2D eigenvalue weighted by Gasteiger charge is 2.28. The van der Waals surface area contributed by atoms with Gasteiger partial charge in [0, 0.05) is 38.3 Å². The lowest BCUT2D eigenvalue weighted by Gasteiger charge is -2.35. The number of nitrogens with one attached hydrogen (secondary N) is 1. The number of nitrogens with zero attached hydrogens (tertiary/aromatic N) is 4. The summed E-state index contributed by atoms with van der Waals surface area (Å²) in [5.41, 5.74) is -0.0762. The number of sulfonamides is 1. The molecule has 1 saturated heterocycles. The molecule has 1 amide bonds. The second-order valence-corrected chi connectivity index (χ2v) is 9.59. The second kappa shape index (κ2) is 9.04. The Morgan fingerprint density at radius 3 is 2.41 bits per heavy atom. The fraction of sp³-hybridized carbons (Fsp3) is 0.667. The van der Waals surface area contributed by atoms with Crippen molar-refractivity contribution in [3.63, 3.8) is 0 Å². The highest BCUT2D eigenvalue weighted by molar-refractivity contribution is 7.90. The van der Waals surface area contributed by atoms with Crippen LogP contribution in [0.5, 0.6) is 0 Å². The van der Waals surface area contributed by atoms with Gasteiger partial charge in [0.2, 0.25) is 15.9 Å². The molecule has 0 unspecified atom stereocenters. The van der Waals surface area contributed by atoms with Gasteiger partial charge in [-0.05, 0) is 37.7 Å². The first kappa shape index (κ1) is 21.4. The number of rotatable bonds is 6. The Kier molecular flexibility index (Phi) is 6.68. The Morgan fingerprint density at radius 2 is 1.86 bits per heavy atom. The fourth-order valence-corrected chi connectivity index (χ4v) is 5.12. The van der Waals surface area contributed by atoms with Crippen LogP contribution in [0.4, 0.5) is 11.5 Å². The number of hydrogen-bond donors (Lipinski definition) is 1. The lowest BCUT2D eigenvalue weighted by Crippen LogP contribution is -2.51. The number of amides is 1. The standard InChI is InChI=1S/C18H27N5O5S/c1-14-2-4-15(5-3-14)20-29(27,28)13-18(24)22-10-8-21(9-11-22)17-7-6-16(12-19-17)23(25)26/h6-7,12,14-15,20H,2-5,8-11,13H2,1H3. The average Bonchev–Trinajstić information content (AvgIpc) is 2.69. The minimum absolute atomic E-state index is 0.0749. The van der Waals surface area contributed by atoms with Crippen molar-refractivity contribution in [2.45, 2.75) is 38.6 Å². The third-order valence-corrected chi connectivity index (χ3v) is 6.89. The average molecular weight is 426 g/mol. The van der Waals surface area contributed by atoms with Gasteiger partial charge in [-0.2, -0.15) is 0 Å². The zero-order chi connectivity index (χ0) is 21.0. The van der Waals surface area contributed by atoms with Gasteiger partial charge in [0.25, 0.3) is 5.69 Å². The summed E-state index contributed by atoms with van der Waals surface area (Å²) in [6.07, 6.45) is 4.83. The lowest BCUT2D eigenvalue weighted by atomic mass is 9.88. The van der Waals surface area contributed by atoms with Crippen LogP contribution < -0.4 is 9.62 Å². The number of piperazine rings is 1. The summed E-state index contributed by atoms with van der Waals surface area (Å²) in [7, 11) is -3.66. The van der Waals surface area contributed by atoms with E-state index >= 15 is 0 Å². The van der Waals surface area contributed by atoms with E-state index in [-0.39, 0.29) is 11.7 Å². The SMILES string of the molecule is CC1CCC(NS(=O)(=O)CC(=O)N2CCN(c3ccc([N+](=O)[O-])cn3)CC2)CC1. The molecule has 29 heavy (non-hydrogen) atoms. The number of anilines is 1. The minimum Gasteiger partial charge on any atom is -0.353 e. The van der Waals surface area contributed by atoms with Crippen molar-refractivity contribution in [1.82, 2.24) is 14.6 Å². The van der Waals surface area contributed by atoms with Crippen LogP contribution >= 0.6 is 0 Å². The van der Waals surface area contributed by atoms with E-state index in [1.807, 2.05) is 4.90 Å². The van der Waals surface area contributed by atoms with Crippen molar-refractivity contribution in [2.75, 3.05) is 36.8 Å². The third kappa shape index (κ3) is 5.86. The predicted octanol–water partition coefficient (Wildman–Crippen LogP) is 1.14. The molecule has 0 spiro atoms. The van der Waals surface area contributed by atoms with Crippen LogP contribution in [-0.4, -0.2) is 67.1 Å². The monoisotopic (exact) mass is 425 g/mol. The maximum atomic E-state index is 12.5. The van der Waals surface area contributed by atoms with Crippen molar-refractivity contribution >= 4 is 27.4 Å². The Labute approximate surface area is 170 Å². The molecule has 2 aliphatic rings. The summed E-state index contributed by atoms with van der Waals surface area (Å²) in [6.45, 7) is 3.91. The normalized spacial score (nSPS) is 23.1. The van der Waals surface area contributed by atoms with Gasteiger partial charge in [-0.15, -0.1) is 0 Å². The smallest absolute Gasteiger partial charge is 0.287 e. The molecule has 1 aliphatic heterocycles. The lowest BCUT2D eigenvalue weighted by molar-refractivity contribution is -0.385. The largest absolute Gasteiger partial charge is 0.353 e. The molecule has 2 fully saturated rings. The quantitative estimate of drug-likeness (QED) is 0.535. The number of hydrogen-bond acceptors (Lipinski definition) is 7. The molecular formula is C18H27N5O5S. The van der Waals surface area contributed by atoms with Crippen LogP contribution in [0.25, 0.3) is 0 Å². The summed E-state index contributed by atoms with van der Waals surface area (Å²) in [5, 5.41) is 10.7. The van der Waals surface area contributed by atoms with Crippen LogP contribution in [0.15, 0.2) is 18.3 Å². The molecule has 0 aromatic carbocycles. The van der Waals surface area contributed by atoms with Crippen LogP contribution in [0.1, 0.15) is 32.6 Å². The van der Waals surface area contributed by atoms with Gasteiger partial charge in [0.05, 0.1) is 4.92 Å². The predicted molar refractivity (Wildman–Crippen MR) is 108 cm³/mol. The van der Waals surface area contributed by atoms with E-state index in [4.69, 9.17) is 0 Å². The first-order valence-electron chi connectivity index (χ1n) is 9.86. The number of nitro groups is 1. The summed E-state index contributed by atoms with van der Waals surface area (Å²) < 4.78 is 27.4. The van der Waals surface area contributed by atoms with Crippen molar-refractivity contribution < 1.29 is 18.1 Å². The van der Waals surface area contributed by atoms with Gasteiger partial charge in [0.15, 0.2) is 0 Å². The summed E-state index contributed by atoms with van der Waals surface area (Å²) >= 11 is 0. The van der Waals surface area contributed by atoms with Gasteiger partial charge in [-0.3, -0.25) is 14.9 Å². The molecule has 1 saturated carbocycles. The first-order valence-corrected chi connectivity index (χ1v) is 11.5. The number of aromatic nitrogens is 1. The van der Waals surface area contributed by atoms with Gasteiger partial charge < -0.3 is 9.80 Å². The third-order valence-electron chi connectivity index (χ3n) is 5.58. The number of carbonyl (C=O) groups excluding carboxylic acids is 1. The van der Waals surface area contributed by atoms with Gasteiger partial charge >= 0.3 is 0 Å². The maximum Gasteiger partial charge on any atom is 0.287 e. The zero-order valence-corrected chi connectivity index (χ0v) is 17.3. The molecule has 0 atom stereocenters. The topological polar surface area (TPSA) is 126 Å². The summed E-state index contributed by atoms with van der Waals surface area (Å²) in [4.78, 5) is 30.2. The van der Waals surface area contributed by atoms with Crippen LogP contribution in [-0.2, 0) is 14.8 Å². The van der Waals surface area contributed by atoms with Crippen molar-refractivity contribution in [2.24, 2.45) is 5.92 Å². The highest BCUT2D eigenvalue weighted by atomic mass is 32.2. The van der Waals surface area contributed by atoms with Gasteiger partial charge in [-0.25, -0.2) is 18.1 Å². The van der Waals surface area contributed by atoms with Crippen molar-refractivity contribution in [1.29, 1.82) is 0 Å². The molecule has 160 valence electrons. The molecular weight excluding hydrogens is 398 g/mol. The molecule has 1 aromatic heterocycles. The van der Waals surface area contributed by atoms with Crippen LogP contribution in [0.2, 0.25) is 0 Å². The molecule has 0 bridgehead atoms. The van der Waals surface area contributed by atoms with Gasteiger partial charge in [0.1, 0.15) is 17.8 Å². The molecule has 10 nitrogen and oxygen atoms in total. The first-order chi connectivity index (χ1) is 13.7. The Morgan fingerprint density at radius 1 is 1.21 bits per heavy atom. The van der Waals surface area contributed by atoms with E-state index in [0.29, 0.717) is 37.9 Å². The van der Waals surface area contributed by atoms with Crippen molar-refractivity contribution in [3.05, 3.63) is 28.4 Å². The summed E-state index contributed by atoms with van der Waals surface area (Å²) in [6, 6.07) is 2.90. The number of carbonyl (C=O) groups is 1. The summed E-state index contributed by atoms with van der Waals surface area (Å²) in [5.74, 6) is 0.287. The van der Waals surface area contributed by atoms with E-state index in [9.17, 15) is 23.3 Å².